The molecular formula is C25H31N5O4. The van der Waals surface area contributed by atoms with E-state index >= 15 is 0 Å². The second-order valence-corrected chi connectivity index (χ2v) is 10.1. The van der Waals surface area contributed by atoms with Gasteiger partial charge in [0.25, 0.3) is 5.91 Å². The summed E-state index contributed by atoms with van der Waals surface area (Å²) in [6, 6.07) is 5.68. The normalized spacial score (nSPS) is 20.9. The van der Waals surface area contributed by atoms with Gasteiger partial charge in [-0.2, -0.15) is 5.10 Å². The number of aliphatic hydroxyl groups is 2. The van der Waals surface area contributed by atoms with Crippen molar-refractivity contribution in [3.63, 3.8) is 0 Å². The number of piperidine rings is 1. The summed E-state index contributed by atoms with van der Waals surface area (Å²) in [7, 11) is 0. The van der Waals surface area contributed by atoms with Crippen molar-refractivity contribution in [2.24, 2.45) is 5.92 Å². The first-order valence-corrected chi connectivity index (χ1v) is 11.7. The lowest BCUT2D eigenvalue weighted by molar-refractivity contribution is -0.0900. The summed E-state index contributed by atoms with van der Waals surface area (Å²) in [4.78, 5) is 19.8. The van der Waals surface area contributed by atoms with Gasteiger partial charge in [-0.3, -0.25) is 4.79 Å². The van der Waals surface area contributed by atoms with Crippen molar-refractivity contribution in [3.8, 4) is 5.75 Å². The molecule has 1 amide bonds. The first-order valence-electron chi connectivity index (χ1n) is 11.7. The molecule has 2 aromatic heterocycles. The summed E-state index contributed by atoms with van der Waals surface area (Å²) < 4.78 is 7.84. The SMILES string of the molecule is CC(C)(O)[C@]1(C)Cc2cc(NC(=O)c3cnn4cccnc34)c(N3CCC(CO)CC3)cc2O1. The highest BCUT2D eigenvalue weighted by molar-refractivity contribution is 6.09. The van der Waals surface area contributed by atoms with Gasteiger partial charge in [0, 0.05) is 50.1 Å². The molecule has 1 fully saturated rings. The molecule has 0 radical (unpaired) electrons. The van der Waals surface area contributed by atoms with E-state index in [-0.39, 0.29) is 12.5 Å². The smallest absolute Gasteiger partial charge is 0.261 e. The van der Waals surface area contributed by atoms with E-state index in [0.29, 0.717) is 29.2 Å². The lowest BCUT2D eigenvalue weighted by Crippen LogP contribution is -2.51. The fourth-order valence-corrected chi connectivity index (χ4v) is 4.73. The van der Waals surface area contributed by atoms with Gasteiger partial charge in [0.2, 0.25) is 0 Å². The molecule has 0 unspecified atom stereocenters. The average molecular weight is 466 g/mol. The van der Waals surface area contributed by atoms with Gasteiger partial charge in [0.1, 0.15) is 16.9 Å². The van der Waals surface area contributed by atoms with Gasteiger partial charge in [-0.25, -0.2) is 9.50 Å². The van der Waals surface area contributed by atoms with E-state index in [1.807, 2.05) is 19.1 Å². The van der Waals surface area contributed by atoms with Gasteiger partial charge in [0.05, 0.1) is 23.2 Å². The molecule has 1 atom stereocenters. The van der Waals surface area contributed by atoms with Crippen LogP contribution in [0.2, 0.25) is 0 Å². The molecule has 34 heavy (non-hydrogen) atoms. The maximum atomic E-state index is 13.3. The Kier molecular flexibility index (Phi) is 5.49. The number of amides is 1. The third kappa shape index (κ3) is 3.88. The topological polar surface area (TPSA) is 112 Å². The number of carbonyl (C=O) groups excluding carboxylic acids is 1. The lowest BCUT2D eigenvalue weighted by Gasteiger charge is -2.36. The molecule has 1 saturated heterocycles. The Labute approximate surface area is 198 Å². The number of anilines is 2. The van der Waals surface area contributed by atoms with E-state index < -0.39 is 11.2 Å². The number of aromatic nitrogens is 3. The molecule has 2 aliphatic rings. The van der Waals surface area contributed by atoms with Crippen LogP contribution in [0.15, 0.2) is 36.8 Å². The molecule has 2 aliphatic heterocycles. The summed E-state index contributed by atoms with van der Waals surface area (Å²) in [5.41, 5.74) is 1.56. The van der Waals surface area contributed by atoms with E-state index in [1.165, 1.54) is 6.20 Å². The van der Waals surface area contributed by atoms with Crippen molar-refractivity contribution in [2.75, 3.05) is 29.9 Å². The molecule has 9 nitrogen and oxygen atoms in total. The fraction of sp³-hybridized carbons (Fsp3) is 0.480. The molecular weight excluding hydrogens is 434 g/mol. The Balaban J connectivity index is 1.50. The van der Waals surface area contributed by atoms with Crippen LogP contribution in [-0.4, -0.2) is 61.6 Å². The molecule has 0 saturated carbocycles. The summed E-state index contributed by atoms with van der Waals surface area (Å²) in [6.07, 6.45) is 7.18. The Morgan fingerprint density at radius 3 is 2.79 bits per heavy atom. The first kappa shape index (κ1) is 22.6. The fourth-order valence-electron chi connectivity index (χ4n) is 4.73. The summed E-state index contributed by atoms with van der Waals surface area (Å²) >= 11 is 0. The van der Waals surface area contributed by atoms with Crippen LogP contribution in [0, 0.1) is 5.92 Å². The highest BCUT2D eigenvalue weighted by Gasteiger charge is 2.47. The third-order valence-electron chi connectivity index (χ3n) is 7.32. The zero-order valence-electron chi connectivity index (χ0n) is 19.8. The van der Waals surface area contributed by atoms with E-state index in [0.717, 1.165) is 42.9 Å². The first-order chi connectivity index (χ1) is 16.2. The molecule has 3 aromatic rings. The number of ether oxygens (including phenoxy) is 1. The Bertz CT molecular complexity index is 1230. The molecule has 180 valence electrons. The number of nitrogens with one attached hydrogen (secondary N) is 1. The minimum atomic E-state index is -1.04. The molecule has 9 heteroatoms. The number of nitrogens with zero attached hydrogens (tertiary/aromatic N) is 4. The molecule has 3 N–H and O–H groups in total. The van der Waals surface area contributed by atoms with E-state index in [4.69, 9.17) is 4.74 Å². The van der Waals surface area contributed by atoms with Crippen LogP contribution < -0.4 is 15.0 Å². The molecule has 0 bridgehead atoms. The van der Waals surface area contributed by atoms with Gasteiger partial charge in [-0.1, -0.05) is 0 Å². The monoisotopic (exact) mass is 465 g/mol. The minimum Gasteiger partial charge on any atom is -0.484 e. The lowest BCUT2D eigenvalue weighted by atomic mass is 9.84. The maximum absolute atomic E-state index is 13.3. The van der Waals surface area contributed by atoms with Crippen molar-refractivity contribution >= 4 is 22.9 Å². The Morgan fingerprint density at radius 1 is 1.32 bits per heavy atom. The highest BCUT2D eigenvalue weighted by atomic mass is 16.5. The molecule has 0 spiro atoms. The van der Waals surface area contributed by atoms with Crippen molar-refractivity contribution in [2.45, 2.75) is 51.2 Å². The average Bonchev–Trinajstić information content (AvgIpc) is 3.39. The van der Waals surface area contributed by atoms with Crippen LogP contribution in [0.5, 0.6) is 5.75 Å². The van der Waals surface area contributed by atoms with Crippen LogP contribution in [-0.2, 0) is 6.42 Å². The van der Waals surface area contributed by atoms with E-state index in [1.54, 1.807) is 36.8 Å². The van der Waals surface area contributed by atoms with Crippen LogP contribution in [0.3, 0.4) is 0 Å². The van der Waals surface area contributed by atoms with Gasteiger partial charge in [-0.05, 0) is 51.7 Å². The highest BCUT2D eigenvalue weighted by Crippen LogP contribution is 2.45. The number of rotatable bonds is 5. The zero-order valence-corrected chi connectivity index (χ0v) is 19.8. The van der Waals surface area contributed by atoms with Gasteiger partial charge < -0.3 is 25.2 Å². The maximum Gasteiger partial charge on any atom is 0.261 e. The van der Waals surface area contributed by atoms with Crippen molar-refractivity contribution in [1.82, 2.24) is 14.6 Å². The standard InChI is InChI=1S/C25H31N5O4/c1-24(2,33)25(3)13-17-11-19(28-23(32)18-14-27-30-8-4-7-26-22(18)30)20(12-21(17)34-25)29-9-5-16(15-31)6-10-29/h4,7-8,11-12,14,16,31,33H,5-6,9-10,13,15H2,1-3H3,(H,28,32)/t25-/m0/s1. The molecule has 5 rings (SSSR count). The van der Waals surface area contributed by atoms with Crippen LogP contribution in [0.1, 0.15) is 49.5 Å². The predicted molar refractivity (Wildman–Crippen MR) is 128 cm³/mol. The Hall–Kier alpha value is -3.17. The number of hydrogen-bond donors (Lipinski definition) is 3. The van der Waals surface area contributed by atoms with Gasteiger partial charge in [-0.15, -0.1) is 0 Å². The molecule has 4 heterocycles. The number of fused-ring (bicyclic) bond motifs is 2. The van der Waals surface area contributed by atoms with E-state index in [9.17, 15) is 15.0 Å². The number of aliphatic hydroxyl groups excluding tert-OH is 1. The zero-order chi connectivity index (χ0) is 24.1. The minimum absolute atomic E-state index is 0.191. The third-order valence-corrected chi connectivity index (χ3v) is 7.32. The molecule has 1 aromatic carbocycles. The predicted octanol–water partition coefficient (Wildman–Crippen LogP) is 2.65. The summed E-state index contributed by atoms with van der Waals surface area (Å²) in [6.45, 7) is 7.14. The number of carbonyl (C=O) groups is 1. The second kappa shape index (κ2) is 8.25. The largest absolute Gasteiger partial charge is 0.484 e. The Morgan fingerprint density at radius 2 is 2.09 bits per heavy atom. The van der Waals surface area contributed by atoms with Gasteiger partial charge >= 0.3 is 0 Å². The number of hydrogen-bond acceptors (Lipinski definition) is 7. The van der Waals surface area contributed by atoms with E-state index in [2.05, 4.69) is 20.3 Å². The van der Waals surface area contributed by atoms with Crippen LogP contribution in [0.25, 0.3) is 5.65 Å². The van der Waals surface area contributed by atoms with Gasteiger partial charge in [0.15, 0.2) is 5.65 Å². The molecule has 0 aliphatic carbocycles. The van der Waals surface area contributed by atoms with Crippen LogP contribution in [0.4, 0.5) is 11.4 Å². The quantitative estimate of drug-likeness (QED) is 0.531. The van der Waals surface area contributed by atoms with Crippen molar-refractivity contribution < 1.29 is 19.7 Å². The van der Waals surface area contributed by atoms with Crippen molar-refractivity contribution in [3.05, 3.63) is 47.9 Å². The second-order valence-electron chi connectivity index (χ2n) is 10.1. The summed E-state index contributed by atoms with van der Waals surface area (Å²) in [5, 5.41) is 27.6. The summed E-state index contributed by atoms with van der Waals surface area (Å²) in [5.74, 6) is 0.729. The number of benzene rings is 1. The van der Waals surface area contributed by atoms with Crippen molar-refractivity contribution in [1.29, 1.82) is 0 Å². The van der Waals surface area contributed by atoms with Crippen LogP contribution >= 0.6 is 0 Å².